The molecule has 0 aliphatic carbocycles. The summed E-state index contributed by atoms with van der Waals surface area (Å²) >= 11 is 3.37. The zero-order valence-electron chi connectivity index (χ0n) is 10.3. The second-order valence-corrected chi connectivity index (χ2v) is 5.31. The molecule has 0 radical (unpaired) electrons. The van der Waals surface area contributed by atoms with E-state index in [1.165, 1.54) is 0 Å². The summed E-state index contributed by atoms with van der Waals surface area (Å²) in [6.07, 6.45) is 0.552. The van der Waals surface area contributed by atoms with Gasteiger partial charge in [0.25, 0.3) is 0 Å². The molecule has 1 aliphatic heterocycles. The van der Waals surface area contributed by atoms with E-state index in [2.05, 4.69) is 31.5 Å². The van der Waals surface area contributed by atoms with Gasteiger partial charge in [-0.3, -0.25) is 4.79 Å². The summed E-state index contributed by atoms with van der Waals surface area (Å²) in [7, 11) is 0. The van der Waals surface area contributed by atoms with Crippen LogP contribution in [-0.2, 0) is 4.79 Å². The van der Waals surface area contributed by atoms with Gasteiger partial charge in [-0.15, -0.1) is 0 Å². The molecular formula is C13H18BrN3O. The van der Waals surface area contributed by atoms with Crippen molar-refractivity contribution in [2.24, 2.45) is 0 Å². The minimum atomic E-state index is 0.0795. The van der Waals surface area contributed by atoms with Crippen LogP contribution in [0.1, 0.15) is 6.42 Å². The average molecular weight is 312 g/mol. The van der Waals surface area contributed by atoms with Crippen molar-refractivity contribution in [2.45, 2.75) is 6.42 Å². The summed E-state index contributed by atoms with van der Waals surface area (Å²) in [5.41, 5.74) is 0.850. The van der Waals surface area contributed by atoms with E-state index in [0.717, 1.165) is 42.9 Å². The van der Waals surface area contributed by atoms with Gasteiger partial charge in [0.1, 0.15) is 0 Å². The quantitative estimate of drug-likeness (QED) is 0.889. The Morgan fingerprint density at radius 2 is 1.94 bits per heavy atom. The van der Waals surface area contributed by atoms with Crippen molar-refractivity contribution < 1.29 is 4.79 Å². The number of nitrogens with zero attached hydrogens (tertiary/aromatic N) is 1. The maximum Gasteiger partial charge on any atom is 0.225 e. The molecule has 98 valence electrons. The van der Waals surface area contributed by atoms with Gasteiger partial charge >= 0.3 is 0 Å². The molecule has 2 N–H and O–H groups in total. The standard InChI is InChI=1S/C13H18BrN3O/c14-11-1-3-12(4-2-11)16-13(18)5-8-17-9-6-15-7-10-17/h1-4,15H,5-10H2,(H,16,18). The molecule has 1 heterocycles. The van der Waals surface area contributed by atoms with Crippen LogP contribution in [0, 0.1) is 0 Å². The van der Waals surface area contributed by atoms with E-state index in [1.807, 2.05) is 24.3 Å². The number of carbonyl (C=O) groups excluding carboxylic acids is 1. The second kappa shape index (κ2) is 6.87. The molecule has 4 nitrogen and oxygen atoms in total. The van der Waals surface area contributed by atoms with Crippen molar-refractivity contribution in [3.8, 4) is 0 Å². The highest BCUT2D eigenvalue weighted by atomic mass is 79.9. The zero-order valence-corrected chi connectivity index (χ0v) is 11.9. The highest BCUT2D eigenvalue weighted by Crippen LogP contribution is 2.14. The molecule has 1 amide bonds. The number of rotatable bonds is 4. The third kappa shape index (κ3) is 4.40. The van der Waals surface area contributed by atoms with Crippen molar-refractivity contribution in [2.75, 3.05) is 38.0 Å². The lowest BCUT2D eigenvalue weighted by Gasteiger charge is -2.26. The Balaban J connectivity index is 1.73. The van der Waals surface area contributed by atoms with Crippen LogP contribution < -0.4 is 10.6 Å². The first-order valence-electron chi connectivity index (χ1n) is 6.22. The Labute approximate surface area is 116 Å². The fourth-order valence-corrected chi connectivity index (χ4v) is 2.22. The zero-order chi connectivity index (χ0) is 12.8. The Bertz CT molecular complexity index is 388. The van der Waals surface area contributed by atoms with E-state index in [0.29, 0.717) is 6.42 Å². The summed E-state index contributed by atoms with van der Waals surface area (Å²) in [4.78, 5) is 14.1. The summed E-state index contributed by atoms with van der Waals surface area (Å²) < 4.78 is 1.02. The molecule has 0 unspecified atom stereocenters. The summed E-state index contributed by atoms with van der Waals surface area (Å²) in [5.74, 6) is 0.0795. The van der Waals surface area contributed by atoms with Crippen LogP contribution in [0.3, 0.4) is 0 Å². The number of carbonyl (C=O) groups is 1. The lowest BCUT2D eigenvalue weighted by atomic mass is 10.3. The molecular weight excluding hydrogens is 294 g/mol. The molecule has 0 bridgehead atoms. The Hall–Kier alpha value is -0.910. The molecule has 2 rings (SSSR count). The van der Waals surface area contributed by atoms with Gasteiger partial charge in [-0.2, -0.15) is 0 Å². The highest BCUT2D eigenvalue weighted by Gasteiger charge is 2.11. The van der Waals surface area contributed by atoms with Gasteiger partial charge in [0.2, 0.25) is 5.91 Å². The molecule has 0 atom stereocenters. The smallest absolute Gasteiger partial charge is 0.225 e. The van der Waals surface area contributed by atoms with Gasteiger partial charge in [0, 0.05) is 49.3 Å². The van der Waals surface area contributed by atoms with Crippen LogP contribution in [0.15, 0.2) is 28.7 Å². The Morgan fingerprint density at radius 1 is 1.28 bits per heavy atom. The third-order valence-corrected chi connectivity index (χ3v) is 3.52. The highest BCUT2D eigenvalue weighted by molar-refractivity contribution is 9.10. The molecule has 0 aromatic heterocycles. The fraction of sp³-hybridized carbons (Fsp3) is 0.462. The molecule has 1 aromatic carbocycles. The average Bonchev–Trinajstić information content (AvgIpc) is 2.40. The summed E-state index contributed by atoms with van der Waals surface area (Å²) in [6.45, 7) is 4.95. The first-order valence-corrected chi connectivity index (χ1v) is 7.02. The first kappa shape index (κ1) is 13.5. The van der Waals surface area contributed by atoms with Gasteiger partial charge in [-0.1, -0.05) is 15.9 Å². The molecule has 1 aliphatic rings. The number of hydrogen-bond donors (Lipinski definition) is 2. The van der Waals surface area contributed by atoms with E-state index >= 15 is 0 Å². The van der Waals surface area contributed by atoms with Crippen LogP contribution in [0.2, 0.25) is 0 Å². The minimum Gasteiger partial charge on any atom is -0.326 e. The monoisotopic (exact) mass is 311 g/mol. The molecule has 5 heteroatoms. The van der Waals surface area contributed by atoms with E-state index in [-0.39, 0.29) is 5.91 Å². The van der Waals surface area contributed by atoms with Crippen LogP contribution in [0.4, 0.5) is 5.69 Å². The van der Waals surface area contributed by atoms with Crippen molar-refractivity contribution in [3.63, 3.8) is 0 Å². The van der Waals surface area contributed by atoms with E-state index in [1.54, 1.807) is 0 Å². The normalized spacial score (nSPS) is 16.5. The van der Waals surface area contributed by atoms with Crippen LogP contribution >= 0.6 is 15.9 Å². The number of nitrogens with one attached hydrogen (secondary N) is 2. The maximum absolute atomic E-state index is 11.8. The molecule has 1 saturated heterocycles. The van der Waals surface area contributed by atoms with Crippen molar-refractivity contribution >= 4 is 27.5 Å². The number of anilines is 1. The predicted octanol–water partition coefficient (Wildman–Crippen LogP) is 1.68. The molecule has 1 aromatic rings. The molecule has 0 spiro atoms. The fourth-order valence-electron chi connectivity index (χ4n) is 1.95. The largest absolute Gasteiger partial charge is 0.326 e. The predicted molar refractivity (Wildman–Crippen MR) is 76.7 cm³/mol. The molecule has 0 saturated carbocycles. The number of halogens is 1. The number of amides is 1. The van der Waals surface area contributed by atoms with E-state index in [4.69, 9.17) is 0 Å². The van der Waals surface area contributed by atoms with Crippen molar-refractivity contribution in [1.82, 2.24) is 10.2 Å². The molecule has 1 fully saturated rings. The van der Waals surface area contributed by atoms with Gasteiger partial charge in [0.15, 0.2) is 0 Å². The van der Waals surface area contributed by atoms with Crippen molar-refractivity contribution in [1.29, 1.82) is 0 Å². The number of hydrogen-bond acceptors (Lipinski definition) is 3. The minimum absolute atomic E-state index is 0.0795. The third-order valence-electron chi connectivity index (χ3n) is 2.99. The summed E-state index contributed by atoms with van der Waals surface area (Å²) in [6, 6.07) is 7.64. The maximum atomic E-state index is 11.8. The van der Waals surface area contributed by atoms with E-state index < -0.39 is 0 Å². The van der Waals surface area contributed by atoms with Gasteiger partial charge < -0.3 is 15.5 Å². The lowest BCUT2D eigenvalue weighted by Crippen LogP contribution is -2.44. The first-order chi connectivity index (χ1) is 8.74. The van der Waals surface area contributed by atoms with Crippen molar-refractivity contribution in [3.05, 3.63) is 28.7 Å². The second-order valence-electron chi connectivity index (χ2n) is 4.40. The molecule has 18 heavy (non-hydrogen) atoms. The summed E-state index contributed by atoms with van der Waals surface area (Å²) in [5, 5.41) is 6.21. The number of piperazine rings is 1. The Morgan fingerprint density at radius 3 is 2.61 bits per heavy atom. The van der Waals surface area contributed by atoms with Crippen LogP contribution in [-0.4, -0.2) is 43.5 Å². The van der Waals surface area contributed by atoms with E-state index in [9.17, 15) is 4.79 Å². The SMILES string of the molecule is O=C(CCN1CCNCC1)Nc1ccc(Br)cc1. The van der Waals surface area contributed by atoms with Crippen LogP contribution in [0.5, 0.6) is 0 Å². The van der Waals surface area contributed by atoms with Gasteiger partial charge in [0.05, 0.1) is 0 Å². The van der Waals surface area contributed by atoms with Crippen LogP contribution in [0.25, 0.3) is 0 Å². The van der Waals surface area contributed by atoms with Gasteiger partial charge in [-0.25, -0.2) is 0 Å². The Kier molecular flexibility index (Phi) is 5.16. The topological polar surface area (TPSA) is 44.4 Å². The number of benzene rings is 1. The van der Waals surface area contributed by atoms with Gasteiger partial charge in [-0.05, 0) is 24.3 Å². The lowest BCUT2D eigenvalue weighted by molar-refractivity contribution is -0.116.